The molecule has 2 aliphatic rings. The molecule has 142 valence electrons. The summed E-state index contributed by atoms with van der Waals surface area (Å²) in [6.07, 6.45) is 4.45. The number of carbonyl (C=O) groups excluding carboxylic acids is 1. The van der Waals surface area contributed by atoms with Gasteiger partial charge in [-0.25, -0.2) is 4.98 Å². The van der Waals surface area contributed by atoms with Crippen LogP contribution >= 0.6 is 22.6 Å². The van der Waals surface area contributed by atoms with Crippen LogP contribution in [0.1, 0.15) is 47.2 Å². The summed E-state index contributed by atoms with van der Waals surface area (Å²) in [6, 6.07) is 8.36. The number of aromatic nitrogens is 1. The number of anilines is 3. The fourth-order valence-corrected chi connectivity index (χ4v) is 4.56. The first kappa shape index (κ1) is 18.5. The molecule has 6 nitrogen and oxygen atoms in total. The van der Waals surface area contributed by atoms with Crippen molar-refractivity contribution in [3.05, 3.63) is 44.5 Å². The summed E-state index contributed by atoms with van der Waals surface area (Å²) in [4.78, 5) is 17.2. The smallest absolute Gasteiger partial charge is 0.255 e. The number of halogens is 1. The maximum Gasteiger partial charge on any atom is 0.255 e. The highest BCUT2D eigenvalue weighted by atomic mass is 127. The first-order valence-corrected chi connectivity index (χ1v) is 10.5. The molecule has 1 saturated carbocycles. The van der Waals surface area contributed by atoms with Crippen molar-refractivity contribution >= 4 is 45.8 Å². The maximum atomic E-state index is 12.4. The van der Waals surface area contributed by atoms with Gasteiger partial charge in [0.05, 0.1) is 9.13 Å². The van der Waals surface area contributed by atoms with Crippen LogP contribution in [0.15, 0.2) is 24.3 Å². The quantitative estimate of drug-likeness (QED) is 0.505. The lowest BCUT2D eigenvalue weighted by atomic mass is 9.91. The average molecular weight is 477 g/mol. The van der Waals surface area contributed by atoms with Gasteiger partial charge in [0.15, 0.2) is 0 Å². The van der Waals surface area contributed by atoms with Crippen molar-refractivity contribution in [2.45, 2.75) is 51.2 Å². The second-order valence-corrected chi connectivity index (χ2v) is 8.38. The van der Waals surface area contributed by atoms with E-state index in [-0.39, 0.29) is 18.0 Å². The van der Waals surface area contributed by atoms with Crippen molar-refractivity contribution in [3.8, 4) is 0 Å². The van der Waals surface area contributed by atoms with Crippen LogP contribution in [-0.2, 0) is 6.54 Å². The van der Waals surface area contributed by atoms with Crippen molar-refractivity contribution < 1.29 is 4.79 Å². The lowest BCUT2D eigenvalue weighted by Crippen LogP contribution is -2.43. The summed E-state index contributed by atoms with van der Waals surface area (Å²) in [5, 5.41) is 9.86. The highest BCUT2D eigenvalue weighted by Crippen LogP contribution is 2.35. The fourth-order valence-electron chi connectivity index (χ4n) is 3.82. The zero-order valence-electron chi connectivity index (χ0n) is 15.3. The van der Waals surface area contributed by atoms with Gasteiger partial charge in [0, 0.05) is 29.9 Å². The van der Waals surface area contributed by atoms with Gasteiger partial charge in [0.2, 0.25) is 0 Å². The highest BCUT2D eigenvalue weighted by molar-refractivity contribution is 14.1. The SMILES string of the molecule is Cc1ccccc1Nc1nc(N[C@@H]2CCCC[C@@H]2N)c(I)c2c1C(=O)NC2. The number of rotatable bonds is 4. The molecule has 0 radical (unpaired) electrons. The molecular weight excluding hydrogens is 453 g/mol. The number of benzene rings is 1. The average Bonchev–Trinajstić information content (AvgIpc) is 3.05. The minimum absolute atomic E-state index is 0.0765. The lowest BCUT2D eigenvalue weighted by Gasteiger charge is -2.30. The van der Waals surface area contributed by atoms with Crippen molar-refractivity contribution in [2.75, 3.05) is 10.6 Å². The summed E-state index contributed by atoms with van der Waals surface area (Å²) in [5.74, 6) is 1.33. The molecule has 2 heterocycles. The van der Waals surface area contributed by atoms with Crippen LogP contribution in [-0.4, -0.2) is 23.0 Å². The lowest BCUT2D eigenvalue weighted by molar-refractivity contribution is 0.0966. The molecule has 2 atom stereocenters. The van der Waals surface area contributed by atoms with E-state index in [0.29, 0.717) is 17.9 Å². The Labute approximate surface area is 172 Å². The van der Waals surface area contributed by atoms with E-state index < -0.39 is 0 Å². The second kappa shape index (κ2) is 7.63. The van der Waals surface area contributed by atoms with Crippen LogP contribution in [0.4, 0.5) is 17.3 Å². The van der Waals surface area contributed by atoms with Gasteiger partial charge < -0.3 is 21.7 Å². The Morgan fingerprint density at radius 3 is 2.78 bits per heavy atom. The van der Waals surface area contributed by atoms with Crippen LogP contribution in [0.2, 0.25) is 0 Å². The molecule has 1 aliphatic heterocycles. The summed E-state index contributed by atoms with van der Waals surface area (Å²) in [6.45, 7) is 2.57. The molecule has 1 aromatic carbocycles. The molecule has 2 aromatic rings. The first-order valence-electron chi connectivity index (χ1n) is 9.40. The second-order valence-electron chi connectivity index (χ2n) is 7.30. The van der Waals surface area contributed by atoms with E-state index in [1.54, 1.807) is 0 Å². The van der Waals surface area contributed by atoms with Crippen LogP contribution < -0.4 is 21.7 Å². The molecular formula is C20H24IN5O. The normalized spacial score (nSPS) is 21.5. The van der Waals surface area contributed by atoms with E-state index in [1.165, 1.54) is 12.8 Å². The zero-order valence-corrected chi connectivity index (χ0v) is 17.5. The molecule has 5 N–H and O–H groups in total. The Hall–Kier alpha value is -1.87. The third kappa shape index (κ3) is 3.62. The van der Waals surface area contributed by atoms with Crippen LogP contribution in [0.25, 0.3) is 0 Å². The molecule has 0 saturated heterocycles. The predicted molar refractivity (Wildman–Crippen MR) is 116 cm³/mol. The van der Waals surface area contributed by atoms with Gasteiger partial charge >= 0.3 is 0 Å². The Bertz CT molecular complexity index is 885. The molecule has 0 unspecified atom stereocenters. The van der Waals surface area contributed by atoms with Gasteiger partial charge in [-0.15, -0.1) is 0 Å². The van der Waals surface area contributed by atoms with Gasteiger partial charge in [0.1, 0.15) is 11.6 Å². The van der Waals surface area contributed by atoms with Gasteiger partial charge in [-0.1, -0.05) is 31.0 Å². The number of amides is 1. The Balaban J connectivity index is 1.73. The number of nitrogens with two attached hydrogens (primary N) is 1. The number of hydrogen-bond donors (Lipinski definition) is 4. The minimum Gasteiger partial charge on any atom is -0.365 e. The summed E-state index contributed by atoms with van der Waals surface area (Å²) < 4.78 is 0.994. The first-order chi connectivity index (χ1) is 13.0. The zero-order chi connectivity index (χ0) is 19.0. The predicted octanol–water partition coefficient (Wildman–Crippen LogP) is 3.66. The van der Waals surface area contributed by atoms with E-state index >= 15 is 0 Å². The summed E-state index contributed by atoms with van der Waals surface area (Å²) >= 11 is 2.29. The number of para-hydroxylation sites is 1. The molecule has 1 aromatic heterocycles. The Morgan fingerprint density at radius 1 is 1.22 bits per heavy atom. The Morgan fingerprint density at radius 2 is 2.00 bits per heavy atom. The standard InChI is InChI=1S/C20H24IN5O/c1-11-6-2-4-8-14(11)24-18-16-12(10-23-20(16)27)17(21)19(26-18)25-15-9-5-3-7-13(15)22/h2,4,6,8,13,15H,3,5,7,9-10,22H2,1H3,(H,23,27)(H2,24,25,26)/t13-,15+/m0/s1. The molecule has 7 heteroatoms. The van der Waals surface area contributed by atoms with Gasteiger partial charge in [-0.3, -0.25) is 4.79 Å². The van der Waals surface area contributed by atoms with E-state index in [4.69, 9.17) is 10.7 Å². The summed E-state index contributed by atoms with van der Waals surface area (Å²) in [7, 11) is 0. The third-order valence-corrected chi connectivity index (χ3v) is 6.59. The van der Waals surface area contributed by atoms with Crippen molar-refractivity contribution in [1.29, 1.82) is 0 Å². The van der Waals surface area contributed by atoms with Crippen LogP contribution in [0, 0.1) is 10.5 Å². The number of aryl methyl sites for hydroxylation is 1. The van der Waals surface area contributed by atoms with Gasteiger partial charge in [-0.2, -0.15) is 0 Å². The fraction of sp³-hybridized carbons (Fsp3) is 0.400. The van der Waals surface area contributed by atoms with Crippen molar-refractivity contribution in [2.24, 2.45) is 5.73 Å². The molecule has 1 amide bonds. The highest BCUT2D eigenvalue weighted by Gasteiger charge is 2.30. The number of nitrogens with zero attached hydrogens (tertiary/aromatic N) is 1. The number of fused-ring (bicyclic) bond motifs is 1. The third-order valence-electron chi connectivity index (χ3n) is 5.43. The Kier molecular flexibility index (Phi) is 5.23. The van der Waals surface area contributed by atoms with E-state index in [2.05, 4.69) is 38.5 Å². The largest absolute Gasteiger partial charge is 0.365 e. The summed E-state index contributed by atoms with van der Waals surface area (Å²) in [5.41, 5.74) is 10.0. The van der Waals surface area contributed by atoms with Crippen LogP contribution in [0.3, 0.4) is 0 Å². The van der Waals surface area contributed by atoms with E-state index in [9.17, 15) is 4.79 Å². The molecule has 27 heavy (non-hydrogen) atoms. The van der Waals surface area contributed by atoms with Crippen molar-refractivity contribution in [3.63, 3.8) is 0 Å². The maximum absolute atomic E-state index is 12.4. The topological polar surface area (TPSA) is 92.1 Å². The number of hydrogen-bond acceptors (Lipinski definition) is 5. The molecule has 1 aliphatic carbocycles. The minimum atomic E-state index is -0.0765. The van der Waals surface area contributed by atoms with Crippen LogP contribution in [0.5, 0.6) is 0 Å². The number of carbonyl (C=O) groups is 1. The van der Waals surface area contributed by atoms with Gasteiger partial charge in [0.25, 0.3) is 5.91 Å². The monoisotopic (exact) mass is 477 g/mol. The number of nitrogens with one attached hydrogen (secondary N) is 3. The molecule has 1 fully saturated rings. The van der Waals surface area contributed by atoms with Gasteiger partial charge in [-0.05, 0) is 54.0 Å². The molecule has 0 spiro atoms. The molecule has 4 rings (SSSR count). The van der Waals surface area contributed by atoms with Crippen molar-refractivity contribution in [1.82, 2.24) is 10.3 Å². The van der Waals surface area contributed by atoms with E-state index in [0.717, 1.165) is 39.0 Å². The molecule has 0 bridgehead atoms. The number of pyridine rings is 1. The van der Waals surface area contributed by atoms with E-state index in [1.807, 2.05) is 31.2 Å².